The van der Waals surface area contributed by atoms with E-state index >= 15 is 0 Å². The molecule has 0 aliphatic carbocycles. The summed E-state index contributed by atoms with van der Waals surface area (Å²) in [5.74, 6) is 0. The Morgan fingerprint density at radius 3 is 1.88 bits per heavy atom. The Morgan fingerprint density at radius 2 is 1.62 bits per heavy atom. The molecule has 98 valence electrons. The first-order valence-electron chi connectivity index (χ1n) is 4.05. The normalized spacial score (nSPS) is 15.8. The van der Waals surface area contributed by atoms with E-state index in [1.807, 2.05) is 30.3 Å². The molecule has 10 heteroatoms. The molecule has 0 aliphatic rings. The first kappa shape index (κ1) is 15.2. The van der Waals surface area contributed by atoms with Gasteiger partial charge in [0.25, 0.3) is 0 Å². The van der Waals surface area contributed by atoms with Gasteiger partial charge in [-0.1, -0.05) is 0 Å². The van der Waals surface area contributed by atoms with Crippen LogP contribution >= 0.6 is 7.81 Å². The van der Waals surface area contributed by atoms with Gasteiger partial charge in [-0.05, 0) is 0 Å². The van der Waals surface area contributed by atoms with Crippen LogP contribution in [0, 0.1) is 0 Å². The molecule has 0 spiro atoms. The van der Waals surface area contributed by atoms with Gasteiger partial charge in [0.15, 0.2) is 0 Å². The molecule has 0 radical (unpaired) electrons. The molecule has 0 atom stereocenters. The maximum atomic E-state index is 9.87. The summed E-state index contributed by atoms with van der Waals surface area (Å²) in [7, 11) is -8.66. The van der Waals surface area contributed by atoms with Crippen LogP contribution in [0.2, 0.25) is 0 Å². The van der Waals surface area contributed by atoms with Crippen molar-refractivity contribution in [2.24, 2.45) is 12.8 Å². The molecule has 2 N–H and O–H groups in total. The van der Waals surface area contributed by atoms with Gasteiger partial charge < -0.3 is 5.73 Å². The van der Waals surface area contributed by atoms with Gasteiger partial charge in [0, 0.05) is 6.54 Å². The zero-order chi connectivity index (χ0) is 13.1. The fourth-order valence-corrected chi connectivity index (χ4v) is 0.783. The zero-order valence-corrected chi connectivity index (χ0v) is 9.23. The van der Waals surface area contributed by atoms with Crippen LogP contribution in [0.4, 0.5) is 25.2 Å². The van der Waals surface area contributed by atoms with Gasteiger partial charge in [-0.2, -0.15) is 0 Å². The molecular weight excluding hydrogens is 259 g/mol. The van der Waals surface area contributed by atoms with Gasteiger partial charge in [0.1, 0.15) is 18.9 Å². The monoisotopic (exact) mass is 271 g/mol. The molecule has 1 aromatic heterocycles. The van der Waals surface area contributed by atoms with Gasteiger partial charge in [0.2, 0.25) is 6.33 Å². The Hall–Kier alpha value is -0.820. The number of aryl methyl sites for hydroxylation is 1. The molecule has 0 aromatic carbocycles. The molecule has 0 bridgehead atoms. The zero-order valence-electron chi connectivity index (χ0n) is 8.33. The quantitative estimate of drug-likeness (QED) is 0.501. The van der Waals surface area contributed by atoms with Crippen molar-refractivity contribution in [2.45, 2.75) is 6.54 Å². The third-order valence-electron chi connectivity index (χ3n) is 1.21. The second-order valence-corrected chi connectivity index (χ2v) is 4.98. The molecule has 0 amide bonds. The third-order valence-corrected chi connectivity index (χ3v) is 1.21. The van der Waals surface area contributed by atoms with Gasteiger partial charge >= 0.3 is 33.0 Å². The second kappa shape index (κ2) is 3.89. The van der Waals surface area contributed by atoms with E-state index in [2.05, 4.69) is 4.57 Å². The molecule has 1 heterocycles. The van der Waals surface area contributed by atoms with E-state index in [4.69, 9.17) is 5.73 Å². The van der Waals surface area contributed by atoms with E-state index in [-0.39, 0.29) is 0 Å². The van der Waals surface area contributed by atoms with Gasteiger partial charge in [-0.3, -0.25) is 0 Å². The first-order chi connectivity index (χ1) is 6.78. The average molecular weight is 271 g/mol. The molecule has 3 nitrogen and oxygen atoms in total. The number of halogens is 6. The molecule has 0 unspecified atom stereocenters. The fourth-order valence-electron chi connectivity index (χ4n) is 0.783. The number of hydrogen-bond donors (Lipinski definition) is 1. The predicted molar refractivity (Wildman–Crippen MR) is 48.2 cm³/mol. The second-order valence-electron chi connectivity index (χ2n) is 3.06. The SMILES string of the molecule is C[n+]1ccn(CCN)c1.F[P-](F)(F)(F)(F)F. The molecule has 1 rings (SSSR count). The van der Waals surface area contributed by atoms with E-state index in [1.165, 1.54) is 0 Å². The van der Waals surface area contributed by atoms with E-state index in [0.717, 1.165) is 6.54 Å². The van der Waals surface area contributed by atoms with Crippen molar-refractivity contribution in [3.05, 3.63) is 18.7 Å². The molecular formula is C6H12F6N3P. The van der Waals surface area contributed by atoms with Gasteiger partial charge in [0.05, 0.1) is 7.05 Å². The van der Waals surface area contributed by atoms with Crippen molar-refractivity contribution in [1.82, 2.24) is 4.57 Å². The summed E-state index contributed by atoms with van der Waals surface area (Å²) in [6, 6.07) is 0. The summed E-state index contributed by atoms with van der Waals surface area (Å²) in [6.07, 6.45) is 6.01. The van der Waals surface area contributed by atoms with Gasteiger partial charge in [-0.25, -0.2) is 9.13 Å². The van der Waals surface area contributed by atoms with E-state index in [9.17, 15) is 25.2 Å². The predicted octanol–water partition coefficient (Wildman–Crippen LogP) is 2.65. The summed E-state index contributed by atoms with van der Waals surface area (Å²) in [6.45, 7) is 1.61. The minimum atomic E-state index is -10.7. The van der Waals surface area contributed by atoms with E-state index in [0.29, 0.717) is 6.54 Å². The number of rotatable bonds is 2. The van der Waals surface area contributed by atoms with E-state index in [1.54, 1.807) is 0 Å². The number of imidazole rings is 1. The molecule has 0 saturated heterocycles. The van der Waals surface area contributed by atoms with Crippen LogP contribution in [-0.4, -0.2) is 11.1 Å². The minimum absolute atomic E-state index is 0.703. The molecule has 16 heavy (non-hydrogen) atoms. The van der Waals surface area contributed by atoms with Crippen LogP contribution < -0.4 is 10.3 Å². The number of nitrogens with zero attached hydrogens (tertiary/aromatic N) is 2. The van der Waals surface area contributed by atoms with Crippen LogP contribution in [0.3, 0.4) is 0 Å². The fraction of sp³-hybridized carbons (Fsp3) is 0.500. The summed E-state index contributed by atoms with van der Waals surface area (Å²) in [4.78, 5) is 0. The number of nitrogens with two attached hydrogens (primary N) is 1. The summed E-state index contributed by atoms with van der Waals surface area (Å²) in [5, 5.41) is 0. The Morgan fingerprint density at radius 1 is 1.19 bits per heavy atom. The topological polar surface area (TPSA) is 34.8 Å². The molecule has 0 aliphatic heterocycles. The van der Waals surface area contributed by atoms with Crippen LogP contribution in [0.15, 0.2) is 18.7 Å². The number of aromatic nitrogens is 2. The average Bonchev–Trinajstić information content (AvgIpc) is 2.29. The third kappa shape index (κ3) is 15.6. The molecule has 0 fully saturated rings. The van der Waals surface area contributed by atoms with Crippen LogP contribution in [0.25, 0.3) is 0 Å². The first-order valence-corrected chi connectivity index (χ1v) is 6.08. The Balaban J connectivity index is 0.000000293. The standard InChI is InChI=1S/C6H12N3.F6P/c1-8-4-5-9(6-8)3-2-7;1-7(2,3,4,5)6/h4-6H,2-3,7H2,1H3;/q+1;-1. The van der Waals surface area contributed by atoms with Crippen molar-refractivity contribution < 1.29 is 29.7 Å². The van der Waals surface area contributed by atoms with Crippen molar-refractivity contribution in [3.63, 3.8) is 0 Å². The van der Waals surface area contributed by atoms with Crippen LogP contribution in [-0.2, 0) is 13.6 Å². The van der Waals surface area contributed by atoms with Crippen LogP contribution in [0.1, 0.15) is 0 Å². The Labute approximate surface area is 87.7 Å². The van der Waals surface area contributed by atoms with Crippen molar-refractivity contribution in [2.75, 3.05) is 6.54 Å². The van der Waals surface area contributed by atoms with Crippen LogP contribution in [0.5, 0.6) is 0 Å². The van der Waals surface area contributed by atoms with Crippen molar-refractivity contribution >= 4 is 7.81 Å². The summed E-state index contributed by atoms with van der Waals surface area (Å²) >= 11 is 0. The number of hydrogen-bond acceptors (Lipinski definition) is 1. The maximum absolute atomic E-state index is 10.7. The molecule has 0 saturated carbocycles. The van der Waals surface area contributed by atoms with Crippen molar-refractivity contribution in [3.8, 4) is 0 Å². The Kier molecular flexibility index (Phi) is 3.69. The summed E-state index contributed by atoms with van der Waals surface area (Å²) < 4.78 is 63.2. The summed E-state index contributed by atoms with van der Waals surface area (Å²) in [5.41, 5.74) is 5.34. The van der Waals surface area contributed by atoms with Gasteiger partial charge in [-0.15, -0.1) is 0 Å². The Bertz CT molecular complexity index is 329. The molecule has 1 aromatic rings. The van der Waals surface area contributed by atoms with Crippen molar-refractivity contribution in [1.29, 1.82) is 0 Å². The van der Waals surface area contributed by atoms with E-state index < -0.39 is 7.81 Å².